The van der Waals surface area contributed by atoms with Crippen LogP contribution >= 0.6 is 0 Å². The summed E-state index contributed by atoms with van der Waals surface area (Å²) in [4.78, 5) is 14.0. The molecule has 3 atom stereocenters. The number of rotatable bonds is 6. The average Bonchev–Trinajstić information content (AvgIpc) is 2.56. The molecule has 0 radical (unpaired) electrons. The molecule has 5 nitrogen and oxygen atoms in total. The zero-order chi connectivity index (χ0) is 13.0. The van der Waals surface area contributed by atoms with Gasteiger partial charge in [0.2, 0.25) is 5.91 Å². The second-order valence-electron chi connectivity index (χ2n) is 4.87. The minimum absolute atomic E-state index is 0.0596. The van der Waals surface area contributed by atoms with Crippen molar-refractivity contribution in [2.45, 2.75) is 39.1 Å². The van der Waals surface area contributed by atoms with Crippen molar-refractivity contribution in [1.29, 1.82) is 0 Å². The second-order valence-corrected chi connectivity index (χ2v) is 4.87. The predicted molar refractivity (Wildman–Crippen MR) is 65.6 cm³/mol. The number of carbonyl (C=O) groups excluding carboxylic acids is 1. The number of ether oxygens (including phenoxy) is 2. The minimum Gasteiger partial charge on any atom is -0.382 e. The Hall–Kier alpha value is -0.650. The van der Waals surface area contributed by atoms with E-state index in [4.69, 9.17) is 9.47 Å². The lowest BCUT2D eigenvalue weighted by Gasteiger charge is -2.25. The zero-order valence-electron chi connectivity index (χ0n) is 11.4. The Bertz CT molecular complexity index is 258. The van der Waals surface area contributed by atoms with Crippen LogP contribution < -0.4 is 5.32 Å². The first kappa shape index (κ1) is 14.4. The molecule has 100 valence electrons. The van der Waals surface area contributed by atoms with Gasteiger partial charge in [0.1, 0.15) is 0 Å². The molecule has 1 amide bonds. The van der Waals surface area contributed by atoms with Crippen molar-refractivity contribution < 1.29 is 14.3 Å². The van der Waals surface area contributed by atoms with Crippen LogP contribution in [0, 0.1) is 5.92 Å². The first-order valence-corrected chi connectivity index (χ1v) is 6.09. The van der Waals surface area contributed by atoms with Gasteiger partial charge in [-0.1, -0.05) is 13.8 Å². The van der Waals surface area contributed by atoms with Gasteiger partial charge in [0, 0.05) is 14.2 Å². The third-order valence-electron chi connectivity index (χ3n) is 3.19. The Kier molecular flexibility index (Phi) is 5.36. The minimum atomic E-state index is -0.0787. The summed E-state index contributed by atoms with van der Waals surface area (Å²) < 4.78 is 10.4. The summed E-state index contributed by atoms with van der Waals surface area (Å²) in [5.74, 6) is 0.462. The maximum Gasteiger partial charge on any atom is 0.241 e. The van der Waals surface area contributed by atoms with Gasteiger partial charge in [0.15, 0.2) is 0 Å². The molecule has 17 heavy (non-hydrogen) atoms. The molecule has 1 rings (SSSR count). The molecule has 0 aliphatic carbocycles. The largest absolute Gasteiger partial charge is 0.382 e. The number of amides is 1. The first-order valence-electron chi connectivity index (χ1n) is 6.09. The molecule has 0 bridgehead atoms. The molecule has 1 fully saturated rings. The van der Waals surface area contributed by atoms with Gasteiger partial charge < -0.3 is 14.4 Å². The Morgan fingerprint density at radius 3 is 2.47 bits per heavy atom. The molecule has 0 aromatic carbocycles. The maximum absolute atomic E-state index is 12.2. The Morgan fingerprint density at radius 2 is 2.06 bits per heavy atom. The van der Waals surface area contributed by atoms with E-state index in [9.17, 15) is 4.79 Å². The topological polar surface area (TPSA) is 50.8 Å². The molecule has 0 saturated carbocycles. The van der Waals surface area contributed by atoms with Crippen LogP contribution in [0.1, 0.15) is 20.8 Å². The number of carbonyl (C=O) groups is 1. The van der Waals surface area contributed by atoms with E-state index in [0.29, 0.717) is 19.1 Å². The van der Waals surface area contributed by atoms with Gasteiger partial charge in [-0.2, -0.15) is 0 Å². The highest BCUT2D eigenvalue weighted by Crippen LogP contribution is 2.17. The van der Waals surface area contributed by atoms with E-state index < -0.39 is 0 Å². The normalized spacial score (nSPS) is 26.9. The second kappa shape index (κ2) is 6.33. The summed E-state index contributed by atoms with van der Waals surface area (Å²) in [6.45, 7) is 7.17. The zero-order valence-corrected chi connectivity index (χ0v) is 11.4. The van der Waals surface area contributed by atoms with Gasteiger partial charge in [-0.15, -0.1) is 0 Å². The summed E-state index contributed by atoms with van der Waals surface area (Å²) in [6, 6.07) is -0.0787. The average molecular weight is 244 g/mol. The van der Waals surface area contributed by atoms with Gasteiger partial charge in [-0.3, -0.25) is 10.1 Å². The summed E-state index contributed by atoms with van der Waals surface area (Å²) in [5.41, 5.74) is 0. The summed E-state index contributed by atoms with van der Waals surface area (Å²) >= 11 is 0. The quantitative estimate of drug-likeness (QED) is 0.737. The van der Waals surface area contributed by atoms with Gasteiger partial charge in [0.25, 0.3) is 0 Å². The van der Waals surface area contributed by atoms with Crippen molar-refractivity contribution in [1.82, 2.24) is 10.2 Å². The lowest BCUT2D eigenvalue weighted by molar-refractivity contribution is -0.132. The molecule has 1 N–H and O–H groups in total. The third-order valence-corrected chi connectivity index (χ3v) is 3.19. The van der Waals surface area contributed by atoms with Crippen molar-refractivity contribution in [3.05, 3.63) is 0 Å². The van der Waals surface area contributed by atoms with E-state index in [1.165, 1.54) is 0 Å². The number of hydrogen-bond acceptors (Lipinski definition) is 4. The standard InChI is InChI=1S/C12H24N2O3/c1-8(2)11-12(15)14(9(3)13-11)6-10(17-5)7-16-4/h8-11,13H,6-7H2,1-5H3. The molecule has 0 aromatic rings. The molecule has 1 aliphatic rings. The van der Waals surface area contributed by atoms with Crippen molar-refractivity contribution in [2.24, 2.45) is 5.92 Å². The Balaban J connectivity index is 2.61. The van der Waals surface area contributed by atoms with Crippen molar-refractivity contribution >= 4 is 5.91 Å². The smallest absolute Gasteiger partial charge is 0.241 e. The number of nitrogens with zero attached hydrogens (tertiary/aromatic N) is 1. The number of nitrogens with one attached hydrogen (secondary N) is 1. The Morgan fingerprint density at radius 1 is 1.41 bits per heavy atom. The summed E-state index contributed by atoms with van der Waals surface area (Å²) in [5, 5.41) is 3.30. The van der Waals surface area contributed by atoms with E-state index in [0.717, 1.165) is 0 Å². The first-order chi connectivity index (χ1) is 8.01. The lowest BCUT2D eigenvalue weighted by Crippen LogP contribution is -2.42. The number of hydrogen-bond donors (Lipinski definition) is 1. The molecule has 3 unspecified atom stereocenters. The molecular weight excluding hydrogens is 220 g/mol. The van der Waals surface area contributed by atoms with Crippen LogP contribution in [0.25, 0.3) is 0 Å². The maximum atomic E-state index is 12.2. The molecule has 0 aromatic heterocycles. The molecule has 1 aliphatic heterocycles. The van der Waals surface area contributed by atoms with Crippen molar-refractivity contribution in [2.75, 3.05) is 27.4 Å². The van der Waals surface area contributed by atoms with E-state index in [1.54, 1.807) is 14.2 Å². The van der Waals surface area contributed by atoms with Crippen LogP contribution in [0.4, 0.5) is 0 Å². The number of methoxy groups -OCH3 is 2. The fourth-order valence-corrected chi connectivity index (χ4v) is 2.12. The van der Waals surface area contributed by atoms with E-state index in [-0.39, 0.29) is 24.2 Å². The predicted octanol–water partition coefficient (Wildman–Crippen LogP) is 0.450. The van der Waals surface area contributed by atoms with Gasteiger partial charge in [-0.25, -0.2) is 0 Å². The van der Waals surface area contributed by atoms with Crippen LogP contribution in [0.5, 0.6) is 0 Å². The van der Waals surface area contributed by atoms with E-state index in [2.05, 4.69) is 19.2 Å². The molecular formula is C12H24N2O3. The van der Waals surface area contributed by atoms with Crippen LogP contribution in [0.2, 0.25) is 0 Å². The fraction of sp³-hybridized carbons (Fsp3) is 0.917. The molecule has 0 spiro atoms. The highest BCUT2D eigenvalue weighted by atomic mass is 16.5. The molecule has 5 heteroatoms. The molecule has 1 saturated heterocycles. The van der Waals surface area contributed by atoms with Crippen molar-refractivity contribution in [3.8, 4) is 0 Å². The summed E-state index contributed by atoms with van der Waals surface area (Å²) in [6.07, 6.45) is -0.0106. The van der Waals surface area contributed by atoms with Crippen LogP contribution in [-0.2, 0) is 14.3 Å². The SMILES string of the molecule is COCC(CN1C(=O)C(C(C)C)NC1C)OC. The van der Waals surface area contributed by atoms with Crippen LogP contribution in [0.15, 0.2) is 0 Å². The highest BCUT2D eigenvalue weighted by Gasteiger charge is 2.38. The van der Waals surface area contributed by atoms with Crippen LogP contribution in [0.3, 0.4) is 0 Å². The van der Waals surface area contributed by atoms with Crippen molar-refractivity contribution in [3.63, 3.8) is 0 Å². The molecule has 1 heterocycles. The lowest BCUT2D eigenvalue weighted by atomic mass is 10.1. The van der Waals surface area contributed by atoms with Gasteiger partial charge in [0.05, 0.1) is 31.5 Å². The van der Waals surface area contributed by atoms with Crippen LogP contribution in [-0.4, -0.2) is 56.5 Å². The van der Waals surface area contributed by atoms with Gasteiger partial charge >= 0.3 is 0 Å². The third kappa shape index (κ3) is 3.40. The van der Waals surface area contributed by atoms with E-state index in [1.807, 2.05) is 11.8 Å². The summed E-state index contributed by atoms with van der Waals surface area (Å²) in [7, 11) is 3.28. The van der Waals surface area contributed by atoms with E-state index >= 15 is 0 Å². The monoisotopic (exact) mass is 244 g/mol. The highest BCUT2D eigenvalue weighted by molar-refractivity contribution is 5.84. The fourth-order valence-electron chi connectivity index (χ4n) is 2.12. The Labute approximate surface area is 103 Å². The van der Waals surface area contributed by atoms with Gasteiger partial charge in [-0.05, 0) is 12.8 Å².